The minimum atomic E-state index is -0.0162. The number of nitriles is 1. The molecule has 0 fully saturated rings. The lowest BCUT2D eigenvalue weighted by molar-refractivity contribution is 0.200. The second kappa shape index (κ2) is 8.06. The number of nitrogens with zero attached hydrogens (tertiary/aromatic N) is 3. The maximum absolute atomic E-state index is 8.88. The predicted octanol–water partition coefficient (Wildman–Crippen LogP) is 4.47. The van der Waals surface area contributed by atoms with E-state index >= 15 is 0 Å². The van der Waals surface area contributed by atoms with Gasteiger partial charge in [0.2, 0.25) is 0 Å². The topological polar surface area (TPSA) is 78.0 Å². The van der Waals surface area contributed by atoms with Crippen molar-refractivity contribution in [1.29, 1.82) is 5.26 Å². The molecule has 0 aliphatic carbocycles. The van der Waals surface area contributed by atoms with E-state index in [1.54, 1.807) is 24.3 Å². The highest BCUT2D eigenvalue weighted by Crippen LogP contribution is 2.31. The van der Waals surface area contributed by atoms with Crippen LogP contribution in [0.2, 0.25) is 0 Å². The Balaban J connectivity index is 2.20. The van der Waals surface area contributed by atoms with Gasteiger partial charge in [-0.25, -0.2) is 0 Å². The molecule has 0 spiro atoms. The van der Waals surface area contributed by atoms with Crippen molar-refractivity contribution in [2.24, 2.45) is 10.2 Å². The lowest BCUT2D eigenvalue weighted by Gasteiger charge is -2.13. The Bertz CT molecular complexity index is 716. The van der Waals surface area contributed by atoms with E-state index in [0.29, 0.717) is 11.3 Å². The van der Waals surface area contributed by atoms with E-state index in [4.69, 9.17) is 15.1 Å². The monoisotopic (exact) mass is 309 g/mol. The predicted molar refractivity (Wildman–Crippen MR) is 88.4 cm³/mol. The molecule has 2 aromatic rings. The van der Waals surface area contributed by atoms with Crippen LogP contribution in [-0.4, -0.2) is 18.3 Å². The molecule has 0 heterocycles. The first kappa shape index (κ1) is 16.7. The van der Waals surface area contributed by atoms with Crippen LogP contribution in [0.25, 0.3) is 0 Å². The molecule has 0 atom stereocenters. The largest absolute Gasteiger partial charge is 0.491 e. The average molecular weight is 309 g/mol. The van der Waals surface area contributed by atoms with E-state index in [0.717, 1.165) is 17.0 Å². The van der Waals surface area contributed by atoms with Gasteiger partial charge in [-0.15, -0.1) is 0 Å². The summed E-state index contributed by atoms with van der Waals surface area (Å²) in [5.41, 5.74) is 3.04. The highest BCUT2D eigenvalue weighted by atomic mass is 16.5. The summed E-state index contributed by atoms with van der Waals surface area (Å²) in [6.45, 7) is 4.40. The molecule has 0 saturated carbocycles. The molecule has 0 aliphatic heterocycles. The standard InChI is InChI=1S/C18H19N3O2/c1-13(2)17-11-16(7-8-18(17)23-10-9-22)21-20-15-5-3-14(12-19)4-6-15/h3-8,11,13,22H,9-10H2,1-2H3. The summed E-state index contributed by atoms with van der Waals surface area (Å²) in [6, 6.07) is 14.6. The van der Waals surface area contributed by atoms with Crippen molar-refractivity contribution in [3.8, 4) is 11.8 Å². The first-order valence-corrected chi connectivity index (χ1v) is 7.43. The molecule has 2 rings (SSSR count). The summed E-state index contributed by atoms with van der Waals surface area (Å²) >= 11 is 0. The van der Waals surface area contributed by atoms with E-state index in [9.17, 15) is 0 Å². The van der Waals surface area contributed by atoms with Crippen LogP contribution >= 0.6 is 0 Å². The number of benzene rings is 2. The number of ether oxygens (including phenoxy) is 1. The van der Waals surface area contributed by atoms with Crippen molar-refractivity contribution < 1.29 is 9.84 Å². The molecule has 0 bridgehead atoms. The highest BCUT2D eigenvalue weighted by molar-refractivity contribution is 5.49. The minimum Gasteiger partial charge on any atom is -0.491 e. The molecule has 0 unspecified atom stereocenters. The maximum Gasteiger partial charge on any atom is 0.123 e. The van der Waals surface area contributed by atoms with Gasteiger partial charge in [0.1, 0.15) is 12.4 Å². The van der Waals surface area contributed by atoms with Crippen molar-refractivity contribution in [2.75, 3.05) is 13.2 Å². The van der Waals surface area contributed by atoms with Gasteiger partial charge in [-0.05, 0) is 53.9 Å². The van der Waals surface area contributed by atoms with Crippen molar-refractivity contribution in [3.63, 3.8) is 0 Å². The Hall–Kier alpha value is -2.71. The van der Waals surface area contributed by atoms with Gasteiger partial charge in [0.05, 0.1) is 29.6 Å². The summed E-state index contributed by atoms with van der Waals surface area (Å²) in [5, 5.41) is 26.1. The van der Waals surface area contributed by atoms with E-state index in [1.165, 1.54) is 0 Å². The smallest absolute Gasteiger partial charge is 0.123 e. The molecule has 1 N–H and O–H groups in total. The number of rotatable bonds is 6. The second-order valence-electron chi connectivity index (χ2n) is 5.31. The molecule has 5 heteroatoms. The van der Waals surface area contributed by atoms with Crippen LogP contribution in [0.3, 0.4) is 0 Å². The van der Waals surface area contributed by atoms with Crippen LogP contribution < -0.4 is 4.74 Å². The third kappa shape index (κ3) is 4.63. The third-order valence-corrected chi connectivity index (χ3v) is 3.24. The maximum atomic E-state index is 8.88. The first-order valence-electron chi connectivity index (χ1n) is 7.43. The van der Waals surface area contributed by atoms with Gasteiger partial charge in [-0.2, -0.15) is 15.5 Å². The molecular formula is C18H19N3O2. The fourth-order valence-electron chi connectivity index (χ4n) is 2.05. The summed E-state index contributed by atoms with van der Waals surface area (Å²) in [6.07, 6.45) is 0. The lowest BCUT2D eigenvalue weighted by atomic mass is 10.0. The molecule has 0 aromatic heterocycles. The Morgan fingerprint density at radius 3 is 2.35 bits per heavy atom. The van der Waals surface area contributed by atoms with Crippen molar-refractivity contribution in [1.82, 2.24) is 0 Å². The molecule has 23 heavy (non-hydrogen) atoms. The fraction of sp³-hybridized carbons (Fsp3) is 0.278. The van der Waals surface area contributed by atoms with Gasteiger partial charge >= 0.3 is 0 Å². The number of azo groups is 1. The molecule has 0 amide bonds. The summed E-state index contributed by atoms with van der Waals surface area (Å²) in [7, 11) is 0. The molecule has 5 nitrogen and oxygen atoms in total. The lowest BCUT2D eigenvalue weighted by Crippen LogP contribution is -2.04. The van der Waals surface area contributed by atoms with Crippen LogP contribution in [-0.2, 0) is 0 Å². The van der Waals surface area contributed by atoms with E-state index in [1.807, 2.05) is 18.2 Å². The molecule has 0 aliphatic rings. The third-order valence-electron chi connectivity index (χ3n) is 3.24. The van der Waals surface area contributed by atoms with Gasteiger partial charge in [0, 0.05) is 0 Å². The SMILES string of the molecule is CC(C)c1cc(N=Nc2ccc(C#N)cc2)ccc1OCCO. The molecular weight excluding hydrogens is 290 g/mol. The van der Waals surface area contributed by atoms with Crippen LogP contribution in [0.4, 0.5) is 11.4 Å². The second-order valence-corrected chi connectivity index (χ2v) is 5.31. The van der Waals surface area contributed by atoms with Gasteiger partial charge in [0.25, 0.3) is 0 Å². The zero-order valence-corrected chi connectivity index (χ0v) is 13.2. The van der Waals surface area contributed by atoms with Crippen LogP contribution in [0.15, 0.2) is 52.7 Å². The van der Waals surface area contributed by atoms with Gasteiger partial charge in [-0.1, -0.05) is 13.8 Å². The van der Waals surface area contributed by atoms with Crippen molar-refractivity contribution in [3.05, 3.63) is 53.6 Å². The van der Waals surface area contributed by atoms with E-state index < -0.39 is 0 Å². The Kier molecular flexibility index (Phi) is 5.84. The van der Waals surface area contributed by atoms with Crippen LogP contribution in [0.1, 0.15) is 30.9 Å². The number of aliphatic hydroxyl groups is 1. The number of aliphatic hydroxyl groups excluding tert-OH is 1. The summed E-state index contributed by atoms with van der Waals surface area (Å²) in [4.78, 5) is 0. The Morgan fingerprint density at radius 2 is 1.74 bits per heavy atom. The normalized spacial score (nSPS) is 10.9. The van der Waals surface area contributed by atoms with Crippen molar-refractivity contribution >= 4 is 11.4 Å². The molecule has 0 saturated heterocycles. The Morgan fingerprint density at radius 1 is 1.09 bits per heavy atom. The van der Waals surface area contributed by atoms with Gasteiger partial charge < -0.3 is 9.84 Å². The van der Waals surface area contributed by atoms with Crippen molar-refractivity contribution in [2.45, 2.75) is 19.8 Å². The molecule has 118 valence electrons. The zero-order chi connectivity index (χ0) is 16.7. The zero-order valence-electron chi connectivity index (χ0n) is 13.2. The average Bonchev–Trinajstić information content (AvgIpc) is 2.58. The quantitative estimate of drug-likeness (QED) is 0.800. The first-order chi connectivity index (χ1) is 11.1. The number of hydrogen-bond donors (Lipinski definition) is 1. The summed E-state index contributed by atoms with van der Waals surface area (Å²) in [5.74, 6) is 1.03. The minimum absolute atomic E-state index is 0.0162. The highest BCUT2D eigenvalue weighted by Gasteiger charge is 2.09. The summed E-state index contributed by atoms with van der Waals surface area (Å²) < 4.78 is 5.54. The van der Waals surface area contributed by atoms with Gasteiger partial charge in [0.15, 0.2) is 0 Å². The van der Waals surface area contributed by atoms with E-state index in [2.05, 4.69) is 30.1 Å². The molecule has 0 radical (unpaired) electrons. The van der Waals surface area contributed by atoms with Crippen LogP contribution in [0.5, 0.6) is 5.75 Å². The van der Waals surface area contributed by atoms with E-state index in [-0.39, 0.29) is 19.1 Å². The molecule has 2 aromatic carbocycles. The number of hydrogen-bond acceptors (Lipinski definition) is 5. The van der Waals surface area contributed by atoms with Crippen LogP contribution in [0, 0.1) is 11.3 Å². The van der Waals surface area contributed by atoms with Gasteiger partial charge in [-0.3, -0.25) is 0 Å². The fourth-order valence-corrected chi connectivity index (χ4v) is 2.05. The Labute approximate surface area is 135 Å².